The third-order valence-electron chi connectivity index (χ3n) is 4.90. The number of pyridine rings is 2. The Morgan fingerprint density at radius 2 is 1.97 bits per heavy atom. The topological polar surface area (TPSA) is 67.4 Å². The summed E-state index contributed by atoms with van der Waals surface area (Å²) in [6.45, 7) is -1.03. The minimum atomic E-state index is -3.06. The standard InChI is InChI=1S/C22H20F2N4O2/c23-22(24)30-18-8-9-19(27-20(18)21(29)16-7-4-10-25-13-16)28-12-11-26-17(14-28)15-5-2-1-3-6-15/h1-10,13,17,22,26H,11-12,14H2. The summed E-state index contributed by atoms with van der Waals surface area (Å²) in [4.78, 5) is 23.3. The first-order valence-electron chi connectivity index (χ1n) is 9.55. The smallest absolute Gasteiger partial charge is 0.387 e. The summed E-state index contributed by atoms with van der Waals surface area (Å²) >= 11 is 0. The highest BCUT2D eigenvalue weighted by Crippen LogP contribution is 2.27. The van der Waals surface area contributed by atoms with Crippen molar-refractivity contribution in [3.8, 4) is 5.75 Å². The lowest BCUT2D eigenvalue weighted by Gasteiger charge is -2.35. The quantitative estimate of drug-likeness (QED) is 0.628. The molecule has 1 fully saturated rings. The molecule has 2 aromatic heterocycles. The number of benzene rings is 1. The number of nitrogens with zero attached hydrogens (tertiary/aromatic N) is 3. The number of piperazine rings is 1. The van der Waals surface area contributed by atoms with Crippen molar-refractivity contribution in [2.24, 2.45) is 0 Å². The van der Waals surface area contributed by atoms with Gasteiger partial charge in [-0.1, -0.05) is 30.3 Å². The number of ketones is 1. The van der Waals surface area contributed by atoms with Crippen molar-refractivity contribution in [3.63, 3.8) is 0 Å². The second-order valence-electron chi connectivity index (χ2n) is 6.83. The lowest BCUT2D eigenvalue weighted by molar-refractivity contribution is -0.0503. The van der Waals surface area contributed by atoms with Gasteiger partial charge in [0.05, 0.1) is 0 Å². The van der Waals surface area contributed by atoms with Crippen LogP contribution < -0.4 is 15.0 Å². The molecule has 4 rings (SSSR count). The van der Waals surface area contributed by atoms with Crippen LogP contribution in [0.25, 0.3) is 0 Å². The van der Waals surface area contributed by atoms with Gasteiger partial charge in [-0.3, -0.25) is 9.78 Å². The highest BCUT2D eigenvalue weighted by Gasteiger charge is 2.25. The predicted molar refractivity (Wildman–Crippen MR) is 108 cm³/mol. The number of halogens is 2. The van der Waals surface area contributed by atoms with Crippen molar-refractivity contribution >= 4 is 11.6 Å². The monoisotopic (exact) mass is 410 g/mol. The van der Waals surface area contributed by atoms with Crippen molar-refractivity contribution in [2.75, 3.05) is 24.5 Å². The summed E-state index contributed by atoms with van der Waals surface area (Å²) in [5.74, 6) is -0.237. The zero-order chi connectivity index (χ0) is 20.9. The van der Waals surface area contributed by atoms with E-state index in [1.807, 2.05) is 35.2 Å². The first kappa shape index (κ1) is 19.9. The molecule has 1 atom stereocenters. The second kappa shape index (κ2) is 8.96. The van der Waals surface area contributed by atoms with Crippen LogP contribution in [0.1, 0.15) is 27.7 Å². The molecule has 3 aromatic rings. The average molecular weight is 410 g/mol. The number of hydrogen-bond donors (Lipinski definition) is 1. The molecule has 1 unspecified atom stereocenters. The van der Waals surface area contributed by atoms with Crippen LogP contribution in [-0.4, -0.2) is 42.0 Å². The number of nitrogens with one attached hydrogen (secondary N) is 1. The fourth-order valence-electron chi connectivity index (χ4n) is 3.47. The van der Waals surface area contributed by atoms with E-state index >= 15 is 0 Å². The maximum absolute atomic E-state index is 12.9. The largest absolute Gasteiger partial charge is 0.432 e. The number of carbonyl (C=O) groups is 1. The second-order valence-corrected chi connectivity index (χ2v) is 6.83. The fraction of sp³-hybridized carbons (Fsp3) is 0.227. The van der Waals surface area contributed by atoms with Gasteiger partial charge >= 0.3 is 6.61 Å². The summed E-state index contributed by atoms with van der Waals surface area (Å²) < 4.78 is 30.3. The van der Waals surface area contributed by atoms with Crippen molar-refractivity contribution in [1.82, 2.24) is 15.3 Å². The number of rotatable bonds is 6. The van der Waals surface area contributed by atoms with Gasteiger partial charge in [-0.15, -0.1) is 0 Å². The van der Waals surface area contributed by atoms with E-state index in [0.29, 0.717) is 18.9 Å². The van der Waals surface area contributed by atoms with Gasteiger partial charge < -0.3 is 15.0 Å². The Bertz CT molecular complexity index is 1000. The Balaban J connectivity index is 1.64. The molecule has 0 radical (unpaired) electrons. The molecule has 1 saturated heterocycles. The van der Waals surface area contributed by atoms with E-state index in [2.05, 4.69) is 20.0 Å². The number of anilines is 1. The fourth-order valence-corrected chi connectivity index (χ4v) is 3.47. The first-order valence-corrected chi connectivity index (χ1v) is 9.55. The third-order valence-corrected chi connectivity index (χ3v) is 4.90. The average Bonchev–Trinajstić information content (AvgIpc) is 2.80. The molecular weight excluding hydrogens is 390 g/mol. The van der Waals surface area contributed by atoms with Crippen molar-refractivity contribution in [1.29, 1.82) is 0 Å². The van der Waals surface area contributed by atoms with Crippen LogP contribution >= 0.6 is 0 Å². The molecule has 6 nitrogen and oxygen atoms in total. The summed E-state index contributed by atoms with van der Waals surface area (Å²) in [7, 11) is 0. The first-order chi connectivity index (χ1) is 14.6. The summed E-state index contributed by atoms with van der Waals surface area (Å²) in [6.07, 6.45) is 2.90. The summed E-state index contributed by atoms with van der Waals surface area (Å²) in [5.41, 5.74) is 1.24. The third kappa shape index (κ3) is 4.44. The molecule has 30 heavy (non-hydrogen) atoms. The zero-order valence-electron chi connectivity index (χ0n) is 16.0. The molecule has 0 bridgehead atoms. The number of aromatic nitrogens is 2. The van der Waals surface area contributed by atoms with Crippen LogP contribution in [0.2, 0.25) is 0 Å². The van der Waals surface area contributed by atoms with Gasteiger partial charge in [0.1, 0.15) is 5.82 Å². The van der Waals surface area contributed by atoms with E-state index in [9.17, 15) is 13.6 Å². The molecule has 1 N–H and O–H groups in total. The lowest BCUT2D eigenvalue weighted by Crippen LogP contribution is -2.46. The maximum Gasteiger partial charge on any atom is 0.387 e. The number of carbonyl (C=O) groups excluding carboxylic acids is 1. The molecule has 0 amide bonds. The Labute approximate surface area is 172 Å². The van der Waals surface area contributed by atoms with E-state index in [4.69, 9.17) is 0 Å². The molecule has 0 spiro atoms. The number of ether oxygens (including phenoxy) is 1. The molecule has 0 saturated carbocycles. The Morgan fingerprint density at radius 1 is 1.13 bits per heavy atom. The highest BCUT2D eigenvalue weighted by atomic mass is 19.3. The van der Waals surface area contributed by atoms with E-state index in [-0.39, 0.29) is 23.0 Å². The van der Waals surface area contributed by atoms with Crippen molar-refractivity contribution in [2.45, 2.75) is 12.7 Å². The van der Waals surface area contributed by atoms with E-state index in [0.717, 1.165) is 12.1 Å². The van der Waals surface area contributed by atoms with E-state index < -0.39 is 12.4 Å². The summed E-state index contributed by atoms with van der Waals surface area (Å²) in [5, 5.41) is 3.47. The van der Waals surface area contributed by atoms with Gasteiger partial charge in [0, 0.05) is 43.6 Å². The van der Waals surface area contributed by atoms with E-state index in [1.165, 1.54) is 18.5 Å². The number of alkyl halides is 2. The normalized spacial score (nSPS) is 16.5. The van der Waals surface area contributed by atoms with Gasteiger partial charge in [-0.2, -0.15) is 8.78 Å². The summed E-state index contributed by atoms with van der Waals surface area (Å²) in [6, 6.07) is 16.3. The zero-order valence-corrected chi connectivity index (χ0v) is 16.0. The molecule has 0 aliphatic carbocycles. The Morgan fingerprint density at radius 3 is 2.70 bits per heavy atom. The molecule has 1 aliphatic rings. The van der Waals surface area contributed by atoms with Crippen LogP contribution in [0.15, 0.2) is 67.0 Å². The van der Waals surface area contributed by atoms with Crippen LogP contribution in [-0.2, 0) is 0 Å². The van der Waals surface area contributed by atoms with Crippen LogP contribution in [0.3, 0.4) is 0 Å². The molecule has 154 valence electrons. The predicted octanol–water partition coefficient (Wildman–Crippen LogP) is 3.46. The van der Waals surface area contributed by atoms with Crippen molar-refractivity contribution in [3.05, 3.63) is 83.8 Å². The van der Waals surface area contributed by atoms with Gasteiger partial charge in [-0.05, 0) is 29.8 Å². The van der Waals surface area contributed by atoms with Gasteiger partial charge in [-0.25, -0.2) is 4.98 Å². The highest BCUT2D eigenvalue weighted by molar-refractivity contribution is 6.09. The molecule has 1 aliphatic heterocycles. The van der Waals surface area contributed by atoms with Crippen LogP contribution in [0.4, 0.5) is 14.6 Å². The Hall–Kier alpha value is -3.39. The molecular formula is C22H20F2N4O2. The van der Waals surface area contributed by atoms with Crippen LogP contribution in [0, 0.1) is 0 Å². The van der Waals surface area contributed by atoms with Gasteiger partial charge in [0.2, 0.25) is 5.78 Å². The maximum atomic E-state index is 12.9. The molecule has 8 heteroatoms. The minimum absolute atomic E-state index is 0.0937. The Kier molecular flexibility index (Phi) is 5.94. The van der Waals surface area contributed by atoms with Gasteiger partial charge in [0.15, 0.2) is 11.4 Å². The minimum Gasteiger partial charge on any atom is -0.432 e. The van der Waals surface area contributed by atoms with Gasteiger partial charge in [0.25, 0.3) is 0 Å². The molecule has 3 heterocycles. The SMILES string of the molecule is O=C(c1cccnc1)c1nc(N2CCNC(c3ccccc3)C2)ccc1OC(F)F. The van der Waals surface area contributed by atoms with E-state index in [1.54, 1.807) is 18.2 Å². The number of hydrogen-bond acceptors (Lipinski definition) is 6. The lowest BCUT2D eigenvalue weighted by atomic mass is 10.0. The van der Waals surface area contributed by atoms with Crippen LogP contribution in [0.5, 0.6) is 5.75 Å². The van der Waals surface area contributed by atoms with Crippen molar-refractivity contribution < 1.29 is 18.3 Å². The molecule has 1 aromatic carbocycles.